The number of hydrogen-bond donors (Lipinski definition) is 1. The fourth-order valence-corrected chi connectivity index (χ4v) is 5.53. The van der Waals surface area contributed by atoms with Gasteiger partial charge in [-0.05, 0) is 50.3 Å². The number of carbonyl (C=O) groups is 2. The lowest BCUT2D eigenvalue weighted by Gasteiger charge is -2.30. The standard InChI is InChI=1S/C27H37N3O4S/c1-22(27(32)28-24-14-9-10-15-24)29(21-19-23-12-5-3-6-13-23)26(31)18-11-20-30(35(2,33)34)25-16-7-4-8-17-25/h3-8,12-13,16-17,22,24H,9-11,14-15,18-21H2,1-2H3,(H,28,32)/t22-/m1/s1. The van der Waals surface area contributed by atoms with Crippen molar-refractivity contribution >= 4 is 27.5 Å². The first-order chi connectivity index (χ1) is 16.8. The molecule has 190 valence electrons. The fraction of sp³-hybridized carbons (Fsp3) is 0.481. The Morgan fingerprint density at radius 3 is 2.17 bits per heavy atom. The minimum absolute atomic E-state index is 0.125. The molecule has 3 rings (SSSR count). The first-order valence-electron chi connectivity index (χ1n) is 12.4. The predicted octanol–water partition coefficient (Wildman–Crippen LogP) is 3.75. The highest BCUT2D eigenvalue weighted by atomic mass is 32.2. The van der Waals surface area contributed by atoms with Gasteiger partial charge >= 0.3 is 0 Å². The van der Waals surface area contributed by atoms with E-state index in [0.29, 0.717) is 25.1 Å². The molecule has 7 nitrogen and oxygen atoms in total. The Bertz CT molecular complexity index is 1050. The van der Waals surface area contributed by atoms with Crippen LogP contribution in [0.1, 0.15) is 51.0 Å². The van der Waals surface area contributed by atoms with Crippen molar-refractivity contribution in [3.8, 4) is 0 Å². The maximum Gasteiger partial charge on any atom is 0.242 e. The average molecular weight is 500 g/mol. The van der Waals surface area contributed by atoms with Crippen LogP contribution >= 0.6 is 0 Å². The Morgan fingerprint density at radius 2 is 1.57 bits per heavy atom. The van der Waals surface area contributed by atoms with Gasteiger partial charge in [0.2, 0.25) is 21.8 Å². The molecule has 0 bridgehead atoms. The Balaban J connectivity index is 1.65. The molecule has 2 aromatic rings. The summed E-state index contributed by atoms with van der Waals surface area (Å²) in [6.45, 7) is 2.40. The first-order valence-corrected chi connectivity index (χ1v) is 14.3. The smallest absolute Gasteiger partial charge is 0.242 e. The quantitative estimate of drug-likeness (QED) is 0.482. The molecule has 2 amide bonds. The van der Waals surface area contributed by atoms with E-state index in [0.717, 1.165) is 31.2 Å². The van der Waals surface area contributed by atoms with Crippen LogP contribution in [0.2, 0.25) is 0 Å². The molecule has 1 atom stereocenters. The second-order valence-electron chi connectivity index (χ2n) is 9.26. The van der Waals surface area contributed by atoms with Crippen LogP contribution in [0.4, 0.5) is 5.69 Å². The van der Waals surface area contributed by atoms with Crippen molar-refractivity contribution in [2.45, 2.75) is 64.0 Å². The SMILES string of the molecule is C[C@H](C(=O)NC1CCCC1)N(CCc1ccccc1)C(=O)CCCN(c1ccccc1)S(C)(=O)=O. The topological polar surface area (TPSA) is 86.8 Å². The number of sulfonamides is 1. The lowest BCUT2D eigenvalue weighted by Crippen LogP contribution is -2.50. The van der Waals surface area contributed by atoms with Crippen molar-refractivity contribution in [1.82, 2.24) is 10.2 Å². The number of amides is 2. The Labute approximate surface area is 209 Å². The summed E-state index contributed by atoms with van der Waals surface area (Å²) in [6, 6.07) is 18.4. The molecule has 0 heterocycles. The second kappa shape index (κ2) is 12.7. The van der Waals surface area contributed by atoms with Crippen LogP contribution < -0.4 is 9.62 Å². The van der Waals surface area contributed by atoms with Gasteiger partial charge < -0.3 is 10.2 Å². The Morgan fingerprint density at radius 1 is 0.971 bits per heavy atom. The molecule has 0 radical (unpaired) electrons. The summed E-state index contributed by atoms with van der Waals surface area (Å²) in [5.41, 5.74) is 1.67. The molecule has 0 aliphatic heterocycles. The molecule has 1 aliphatic rings. The summed E-state index contributed by atoms with van der Waals surface area (Å²) < 4.78 is 26.0. The van der Waals surface area contributed by atoms with Crippen LogP contribution in [0.5, 0.6) is 0 Å². The van der Waals surface area contributed by atoms with Crippen LogP contribution in [0.3, 0.4) is 0 Å². The van der Waals surface area contributed by atoms with E-state index in [1.54, 1.807) is 36.1 Å². The molecule has 8 heteroatoms. The van der Waals surface area contributed by atoms with Crippen molar-refractivity contribution < 1.29 is 18.0 Å². The van der Waals surface area contributed by atoms with Crippen molar-refractivity contribution in [1.29, 1.82) is 0 Å². The summed E-state index contributed by atoms with van der Waals surface area (Å²) in [4.78, 5) is 27.9. The summed E-state index contributed by atoms with van der Waals surface area (Å²) in [7, 11) is -3.48. The van der Waals surface area contributed by atoms with Crippen molar-refractivity contribution in [2.75, 3.05) is 23.7 Å². The van der Waals surface area contributed by atoms with Gasteiger partial charge in [-0.2, -0.15) is 0 Å². The van der Waals surface area contributed by atoms with Gasteiger partial charge in [0.1, 0.15) is 6.04 Å². The summed E-state index contributed by atoms with van der Waals surface area (Å²) in [5, 5.41) is 3.11. The Hall–Kier alpha value is -2.87. The number of nitrogens with zero attached hydrogens (tertiary/aromatic N) is 2. The van der Waals surface area contributed by atoms with E-state index in [1.165, 1.54) is 10.6 Å². The molecule has 0 spiro atoms. The highest BCUT2D eigenvalue weighted by Gasteiger charge is 2.28. The van der Waals surface area contributed by atoms with E-state index >= 15 is 0 Å². The zero-order valence-corrected chi connectivity index (χ0v) is 21.5. The van der Waals surface area contributed by atoms with Crippen LogP contribution in [-0.4, -0.2) is 56.6 Å². The normalized spacial score (nSPS) is 14.9. The molecule has 0 saturated heterocycles. The van der Waals surface area contributed by atoms with Crippen LogP contribution in [-0.2, 0) is 26.0 Å². The maximum atomic E-state index is 13.3. The molecule has 35 heavy (non-hydrogen) atoms. The van der Waals surface area contributed by atoms with Gasteiger partial charge in [0, 0.05) is 25.6 Å². The molecule has 1 aliphatic carbocycles. The van der Waals surface area contributed by atoms with Gasteiger partial charge in [-0.1, -0.05) is 61.4 Å². The fourth-order valence-electron chi connectivity index (χ4n) is 4.56. The number of anilines is 1. The number of rotatable bonds is 12. The van der Waals surface area contributed by atoms with Gasteiger partial charge in [0.05, 0.1) is 11.9 Å². The van der Waals surface area contributed by atoms with Crippen LogP contribution in [0.25, 0.3) is 0 Å². The van der Waals surface area contributed by atoms with E-state index in [1.807, 2.05) is 36.4 Å². The zero-order chi connectivity index (χ0) is 25.3. The number of hydrogen-bond acceptors (Lipinski definition) is 4. The molecule has 2 aromatic carbocycles. The van der Waals surface area contributed by atoms with Gasteiger partial charge in [-0.3, -0.25) is 13.9 Å². The van der Waals surface area contributed by atoms with Gasteiger partial charge in [0.25, 0.3) is 0 Å². The molecular formula is C27H37N3O4S. The third-order valence-corrected chi connectivity index (χ3v) is 7.74. The van der Waals surface area contributed by atoms with Crippen molar-refractivity contribution in [3.63, 3.8) is 0 Å². The molecule has 1 fully saturated rings. The summed E-state index contributed by atoms with van der Waals surface area (Å²) in [6.07, 6.45) is 6.54. The monoisotopic (exact) mass is 499 g/mol. The van der Waals surface area contributed by atoms with E-state index in [9.17, 15) is 18.0 Å². The van der Waals surface area contributed by atoms with E-state index < -0.39 is 16.1 Å². The highest BCUT2D eigenvalue weighted by Crippen LogP contribution is 2.20. The highest BCUT2D eigenvalue weighted by molar-refractivity contribution is 7.92. The summed E-state index contributed by atoms with van der Waals surface area (Å²) >= 11 is 0. The lowest BCUT2D eigenvalue weighted by atomic mass is 10.1. The summed E-state index contributed by atoms with van der Waals surface area (Å²) in [5.74, 6) is -0.267. The zero-order valence-electron chi connectivity index (χ0n) is 20.7. The number of benzene rings is 2. The first kappa shape index (κ1) is 26.7. The molecular weight excluding hydrogens is 462 g/mol. The van der Waals surface area contributed by atoms with E-state index in [2.05, 4.69) is 5.32 Å². The molecule has 1 N–H and O–H groups in total. The Kier molecular flexibility index (Phi) is 9.72. The molecule has 1 saturated carbocycles. The second-order valence-corrected chi connectivity index (χ2v) is 11.2. The lowest BCUT2D eigenvalue weighted by molar-refractivity contribution is -0.140. The third-order valence-electron chi connectivity index (χ3n) is 6.55. The average Bonchev–Trinajstić information content (AvgIpc) is 3.35. The number of nitrogens with one attached hydrogen (secondary N) is 1. The molecule has 0 unspecified atom stereocenters. The number of carbonyl (C=O) groups excluding carboxylic acids is 2. The van der Waals surface area contributed by atoms with Gasteiger partial charge in [-0.15, -0.1) is 0 Å². The van der Waals surface area contributed by atoms with E-state index in [4.69, 9.17) is 0 Å². The largest absolute Gasteiger partial charge is 0.352 e. The third kappa shape index (κ3) is 8.09. The predicted molar refractivity (Wildman–Crippen MR) is 140 cm³/mol. The molecule has 0 aromatic heterocycles. The van der Waals surface area contributed by atoms with Crippen molar-refractivity contribution in [2.24, 2.45) is 0 Å². The minimum atomic E-state index is -3.48. The van der Waals surface area contributed by atoms with Crippen LogP contribution in [0.15, 0.2) is 60.7 Å². The van der Waals surface area contributed by atoms with Crippen LogP contribution in [0, 0.1) is 0 Å². The number of para-hydroxylation sites is 1. The van der Waals surface area contributed by atoms with Gasteiger partial charge in [-0.25, -0.2) is 8.42 Å². The van der Waals surface area contributed by atoms with E-state index in [-0.39, 0.29) is 30.8 Å². The minimum Gasteiger partial charge on any atom is -0.352 e. The maximum absolute atomic E-state index is 13.3. The van der Waals surface area contributed by atoms with Crippen molar-refractivity contribution in [3.05, 3.63) is 66.2 Å². The van der Waals surface area contributed by atoms with Gasteiger partial charge in [0.15, 0.2) is 0 Å².